The summed E-state index contributed by atoms with van der Waals surface area (Å²) in [5.74, 6) is -0.685. The quantitative estimate of drug-likeness (QED) is 0.835. The molecule has 0 aliphatic heterocycles. The van der Waals surface area contributed by atoms with E-state index < -0.39 is 17.7 Å². The summed E-state index contributed by atoms with van der Waals surface area (Å²) >= 11 is 0. The summed E-state index contributed by atoms with van der Waals surface area (Å²) in [6, 6.07) is 14.1. The number of alkyl halides is 3. The monoisotopic (exact) mass is 350 g/mol. The van der Waals surface area contributed by atoms with E-state index in [1.165, 1.54) is 6.07 Å². The normalized spacial score (nSPS) is 14.0. The van der Waals surface area contributed by atoms with Crippen LogP contribution in [0.25, 0.3) is 0 Å². The highest BCUT2D eigenvalue weighted by Crippen LogP contribution is 2.30. The van der Waals surface area contributed by atoms with Crippen molar-refractivity contribution in [1.82, 2.24) is 5.32 Å². The van der Waals surface area contributed by atoms with Crippen LogP contribution in [0.15, 0.2) is 54.6 Å². The second-order valence-corrected chi connectivity index (χ2v) is 6.07. The van der Waals surface area contributed by atoms with Crippen LogP contribution in [0.3, 0.4) is 0 Å². The number of hydrogen-bond donors (Lipinski definition) is 2. The van der Waals surface area contributed by atoms with Crippen molar-refractivity contribution in [2.24, 2.45) is 11.7 Å². The van der Waals surface area contributed by atoms with Crippen LogP contribution in [-0.4, -0.2) is 12.5 Å². The van der Waals surface area contributed by atoms with Crippen molar-refractivity contribution in [3.05, 3.63) is 71.3 Å². The van der Waals surface area contributed by atoms with Crippen LogP contribution in [0, 0.1) is 5.92 Å². The zero-order chi connectivity index (χ0) is 18.4. The number of benzene rings is 2. The Hall–Kier alpha value is -2.34. The lowest BCUT2D eigenvalue weighted by Gasteiger charge is -2.17. The van der Waals surface area contributed by atoms with E-state index in [1.54, 1.807) is 13.0 Å². The molecule has 2 unspecified atom stereocenters. The molecular formula is C19H21F3N2O. The van der Waals surface area contributed by atoms with E-state index in [-0.39, 0.29) is 24.9 Å². The lowest BCUT2D eigenvalue weighted by molar-refractivity contribution is -0.137. The van der Waals surface area contributed by atoms with Crippen molar-refractivity contribution in [3.63, 3.8) is 0 Å². The fraction of sp³-hybridized carbons (Fsp3) is 0.316. The highest BCUT2D eigenvalue weighted by molar-refractivity contribution is 5.78. The molecule has 0 saturated heterocycles. The topological polar surface area (TPSA) is 55.1 Å². The molecule has 0 radical (unpaired) electrons. The van der Waals surface area contributed by atoms with Gasteiger partial charge in [0.15, 0.2) is 0 Å². The van der Waals surface area contributed by atoms with Crippen LogP contribution in [0.5, 0.6) is 0 Å². The van der Waals surface area contributed by atoms with Gasteiger partial charge in [0.05, 0.1) is 5.56 Å². The van der Waals surface area contributed by atoms with Gasteiger partial charge in [-0.2, -0.15) is 13.2 Å². The molecule has 0 aliphatic carbocycles. The number of carbonyl (C=O) groups is 1. The first kappa shape index (κ1) is 19.0. The third-order valence-electron chi connectivity index (χ3n) is 3.97. The predicted octanol–water partition coefficient (Wildman–Crippen LogP) is 3.70. The lowest BCUT2D eigenvalue weighted by Crippen LogP contribution is -2.35. The maximum Gasteiger partial charge on any atom is 0.416 e. The summed E-state index contributed by atoms with van der Waals surface area (Å²) < 4.78 is 38.2. The van der Waals surface area contributed by atoms with Crippen LogP contribution in [0.4, 0.5) is 13.2 Å². The average molecular weight is 350 g/mol. The number of nitrogens with one attached hydrogen (secondary N) is 1. The van der Waals surface area contributed by atoms with Gasteiger partial charge in [0.2, 0.25) is 5.91 Å². The van der Waals surface area contributed by atoms with E-state index in [4.69, 9.17) is 5.73 Å². The molecular weight excluding hydrogens is 329 g/mol. The summed E-state index contributed by atoms with van der Waals surface area (Å²) in [6.07, 6.45) is -4.15. The second kappa shape index (κ2) is 8.16. The first-order valence-electron chi connectivity index (χ1n) is 8.01. The summed E-state index contributed by atoms with van der Waals surface area (Å²) in [5, 5.41) is 2.76. The van der Waals surface area contributed by atoms with Gasteiger partial charge in [-0.25, -0.2) is 0 Å². The zero-order valence-electron chi connectivity index (χ0n) is 13.9. The molecule has 0 fully saturated rings. The largest absolute Gasteiger partial charge is 0.416 e. The Balaban J connectivity index is 1.90. The van der Waals surface area contributed by atoms with Crippen molar-refractivity contribution in [2.75, 3.05) is 6.54 Å². The molecule has 0 spiro atoms. The van der Waals surface area contributed by atoms with Crippen LogP contribution in [0.1, 0.15) is 29.7 Å². The van der Waals surface area contributed by atoms with E-state index >= 15 is 0 Å². The van der Waals surface area contributed by atoms with E-state index in [9.17, 15) is 18.0 Å². The van der Waals surface area contributed by atoms with Gasteiger partial charge in [-0.15, -0.1) is 0 Å². The summed E-state index contributed by atoms with van der Waals surface area (Å²) in [5.41, 5.74) is 6.71. The molecule has 0 bridgehead atoms. The number of carbonyl (C=O) groups excluding carboxylic acids is 1. The van der Waals surface area contributed by atoms with E-state index in [0.29, 0.717) is 5.56 Å². The highest BCUT2D eigenvalue weighted by atomic mass is 19.4. The lowest BCUT2D eigenvalue weighted by atomic mass is 9.98. The minimum atomic E-state index is -4.38. The van der Waals surface area contributed by atoms with Crippen molar-refractivity contribution in [1.29, 1.82) is 0 Å². The van der Waals surface area contributed by atoms with Gasteiger partial charge in [-0.3, -0.25) is 4.79 Å². The average Bonchev–Trinajstić information content (AvgIpc) is 2.59. The van der Waals surface area contributed by atoms with Crippen LogP contribution < -0.4 is 11.1 Å². The molecule has 2 rings (SSSR count). The van der Waals surface area contributed by atoms with Gasteiger partial charge in [0.25, 0.3) is 0 Å². The number of halogens is 3. The minimum absolute atomic E-state index is 0.232. The van der Waals surface area contributed by atoms with Crippen molar-refractivity contribution in [2.45, 2.75) is 25.6 Å². The molecule has 3 nitrogen and oxygen atoms in total. The summed E-state index contributed by atoms with van der Waals surface area (Å²) in [4.78, 5) is 12.2. The number of amides is 1. The van der Waals surface area contributed by atoms with Gasteiger partial charge in [-0.1, -0.05) is 55.5 Å². The predicted molar refractivity (Wildman–Crippen MR) is 90.7 cm³/mol. The van der Waals surface area contributed by atoms with E-state index in [1.807, 2.05) is 30.3 Å². The van der Waals surface area contributed by atoms with Crippen LogP contribution in [-0.2, 0) is 17.4 Å². The van der Waals surface area contributed by atoms with E-state index in [2.05, 4.69) is 5.32 Å². The molecule has 25 heavy (non-hydrogen) atoms. The summed E-state index contributed by atoms with van der Waals surface area (Å²) in [7, 11) is 0. The molecule has 2 aromatic carbocycles. The van der Waals surface area contributed by atoms with Gasteiger partial charge in [0, 0.05) is 18.5 Å². The molecule has 0 aromatic heterocycles. The fourth-order valence-corrected chi connectivity index (χ4v) is 2.52. The molecule has 0 saturated carbocycles. The fourth-order valence-electron chi connectivity index (χ4n) is 2.52. The zero-order valence-corrected chi connectivity index (χ0v) is 13.9. The Morgan fingerprint density at radius 3 is 2.44 bits per heavy atom. The maximum atomic E-state index is 12.7. The Morgan fingerprint density at radius 1 is 1.12 bits per heavy atom. The molecule has 1 amide bonds. The van der Waals surface area contributed by atoms with Crippen molar-refractivity contribution >= 4 is 5.91 Å². The standard InChI is InChI=1S/C19H21F3N2O/c1-13(10-14-6-5-9-16(11-14)19(20,21)22)18(25)24-12-17(23)15-7-3-2-4-8-15/h2-9,11,13,17H,10,12,23H2,1H3,(H,24,25). The van der Waals surface area contributed by atoms with Crippen LogP contribution in [0.2, 0.25) is 0 Å². The molecule has 0 heterocycles. The molecule has 2 atom stereocenters. The smallest absolute Gasteiger partial charge is 0.354 e. The molecule has 2 aromatic rings. The number of hydrogen-bond acceptors (Lipinski definition) is 2. The third-order valence-corrected chi connectivity index (χ3v) is 3.97. The Morgan fingerprint density at radius 2 is 1.80 bits per heavy atom. The third kappa shape index (κ3) is 5.60. The maximum absolute atomic E-state index is 12.7. The number of nitrogens with two attached hydrogens (primary N) is 1. The molecule has 0 aliphatic rings. The molecule has 134 valence electrons. The van der Waals surface area contributed by atoms with E-state index in [0.717, 1.165) is 17.7 Å². The Labute approximate surface area is 145 Å². The van der Waals surface area contributed by atoms with Crippen LogP contribution >= 0.6 is 0 Å². The first-order chi connectivity index (χ1) is 11.8. The summed E-state index contributed by atoms with van der Waals surface area (Å²) in [6.45, 7) is 1.96. The van der Waals surface area contributed by atoms with Crippen molar-refractivity contribution in [3.8, 4) is 0 Å². The number of rotatable bonds is 6. The van der Waals surface area contributed by atoms with Gasteiger partial charge in [0.1, 0.15) is 0 Å². The first-order valence-corrected chi connectivity index (χ1v) is 8.01. The Kier molecular flexibility index (Phi) is 6.20. The van der Waals surface area contributed by atoms with Gasteiger partial charge < -0.3 is 11.1 Å². The minimum Gasteiger partial charge on any atom is -0.354 e. The second-order valence-electron chi connectivity index (χ2n) is 6.07. The van der Waals surface area contributed by atoms with Crippen molar-refractivity contribution < 1.29 is 18.0 Å². The molecule has 6 heteroatoms. The van der Waals surface area contributed by atoms with Gasteiger partial charge in [-0.05, 0) is 23.6 Å². The SMILES string of the molecule is CC(Cc1cccc(C(F)(F)F)c1)C(=O)NCC(N)c1ccccc1. The molecule has 3 N–H and O–H groups in total. The highest BCUT2D eigenvalue weighted by Gasteiger charge is 2.30. The Bertz CT molecular complexity index is 701. The van der Waals surface area contributed by atoms with Gasteiger partial charge >= 0.3 is 6.18 Å².